The summed E-state index contributed by atoms with van der Waals surface area (Å²) in [4.78, 5) is 12.1. The van der Waals surface area contributed by atoms with Crippen molar-refractivity contribution in [2.75, 3.05) is 10.6 Å². The van der Waals surface area contributed by atoms with Gasteiger partial charge in [-0.2, -0.15) is 0 Å². The van der Waals surface area contributed by atoms with E-state index < -0.39 is 0 Å². The van der Waals surface area contributed by atoms with Gasteiger partial charge in [0.15, 0.2) is 0 Å². The van der Waals surface area contributed by atoms with E-state index in [9.17, 15) is 4.79 Å². The second-order valence-corrected chi connectivity index (χ2v) is 6.38. The van der Waals surface area contributed by atoms with Crippen molar-refractivity contribution in [3.63, 3.8) is 0 Å². The van der Waals surface area contributed by atoms with Gasteiger partial charge in [-0.3, -0.25) is 0 Å². The molecule has 1 aromatic heterocycles. The molecule has 0 aliphatic heterocycles. The molecule has 4 aromatic rings. The first-order valence-electron chi connectivity index (χ1n) is 8.50. The molecule has 0 spiro atoms. The lowest BCUT2D eigenvalue weighted by atomic mass is 10.2. The molecule has 0 radical (unpaired) electrons. The number of anilines is 2. The first kappa shape index (κ1) is 17.8. The monoisotopic (exact) mass is 390 g/mol. The standard InChI is InChI=1S/C21H15ClN4O2/c22-16-7-4-8-18(13-16)24-21(27)23-17-11-9-15(10-12-17)20-26-25-19(28-20)14-5-2-1-3-6-14/h1-13H,(H2,23,24,27). The minimum atomic E-state index is -0.362. The summed E-state index contributed by atoms with van der Waals surface area (Å²) in [5.41, 5.74) is 2.86. The van der Waals surface area contributed by atoms with Crippen molar-refractivity contribution in [3.8, 4) is 22.9 Å². The highest BCUT2D eigenvalue weighted by Gasteiger charge is 2.10. The van der Waals surface area contributed by atoms with Crippen LogP contribution in [-0.2, 0) is 0 Å². The summed E-state index contributed by atoms with van der Waals surface area (Å²) < 4.78 is 5.73. The fraction of sp³-hybridized carbons (Fsp3) is 0. The van der Waals surface area contributed by atoms with Gasteiger partial charge >= 0.3 is 6.03 Å². The van der Waals surface area contributed by atoms with Crippen LogP contribution in [0.1, 0.15) is 0 Å². The number of amides is 2. The molecule has 6 nitrogen and oxygen atoms in total. The summed E-state index contributed by atoms with van der Waals surface area (Å²) in [6, 6.07) is 23.3. The van der Waals surface area contributed by atoms with Crippen LogP contribution in [0, 0.1) is 0 Å². The van der Waals surface area contributed by atoms with Gasteiger partial charge in [0.2, 0.25) is 11.8 Å². The smallest absolute Gasteiger partial charge is 0.323 e. The van der Waals surface area contributed by atoms with Crippen LogP contribution in [0.2, 0.25) is 5.02 Å². The summed E-state index contributed by atoms with van der Waals surface area (Å²) in [5, 5.41) is 14.2. The van der Waals surface area contributed by atoms with E-state index in [2.05, 4.69) is 20.8 Å². The molecule has 0 aliphatic rings. The SMILES string of the molecule is O=C(Nc1ccc(-c2nnc(-c3ccccc3)o2)cc1)Nc1cccc(Cl)c1. The molecular formula is C21H15ClN4O2. The normalized spacial score (nSPS) is 10.5. The van der Waals surface area contributed by atoms with E-state index in [1.807, 2.05) is 30.3 Å². The predicted octanol–water partition coefficient (Wildman–Crippen LogP) is 5.70. The molecule has 0 fully saturated rings. The highest BCUT2D eigenvalue weighted by molar-refractivity contribution is 6.30. The Morgan fingerprint density at radius 1 is 0.750 bits per heavy atom. The number of carbonyl (C=O) groups excluding carboxylic acids is 1. The van der Waals surface area contributed by atoms with E-state index >= 15 is 0 Å². The minimum Gasteiger partial charge on any atom is -0.416 e. The van der Waals surface area contributed by atoms with Crippen LogP contribution in [0.25, 0.3) is 22.9 Å². The van der Waals surface area contributed by atoms with Gasteiger partial charge in [0.1, 0.15) is 0 Å². The van der Waals surface area contributed by atoms with Crippen LogP contribution in [0.4, 0.5) is 16.2 Å². The highest BCUT2D eigenvalue weighted by atomic mass is 35.5. The van der Waals surface area contributed by atoms with Gasteiger partial charge in [0.05, 0.1) is 0 Å². The van der Waals surface area contributed by atoms with Crippen molar-refractivity contribution < 1.29 is 9.21 Å². The molecule has 4 rings (SSSR count). The summed E-state index contributed by atoms with van der Waals surface area (Å²) >= 11 is 5.91. The average Bonchev–Trinajstić information content (AvgIpc) is 3.19. The zero-order valence-electron chi connectivity index (χ0n) is 14.6. The van der Waals surface area contributed by atoms with Gasteiger partial charge in [-0.05, 0) is 54.6 Å². The molecule has 7 heteroatoms. The summed E-state index contributed by atoms with van der Waals surface area (Å²) in [6.07, 6.45) is 0. The Bertz CT molecular complexity index is 1090. The van der Waals surface area contributed by atoms with E-state index in [-0.39, 0.29) is 6.03 Å². The van der Waals surface area contributed by atoms with E-state index in [0.29, 0.717) is 28.2 Å². The fourth-order valence-electron chi connectivity index (χ4n) is 2.59. The van der Waals surface area contributed by atoms with Crippen molar-refractivity contribution in [3.05, 3.63) is 83.9 Å². The Labute approximate surface area is 166 Å². The molecule has 0 aliphatic carbocycles. The molecule has 28 heavy (non-hydrogen) atoms. The van der Waals surface area contributed by atoms with E-state index in [0.717, 1.165) is 11.1 Å². The summed E-state index contributed by atoms with van der Waals surface area (Å²) in [5.74, 6) is 0.868. The number of nitrogens with one attached hydrogen (secondary N) is 2. The van der Waals surface area contributed by atoms with Gasteiger partial charge in [0, 0.05) is 27.5 Å². The molecular weight excluding hydrogens is 376 g/mol. The third-order valence-corrected chi connectivity index (χ3v) is 4.15. The van der Waals surface area contributed by atoms with Crippen LogP contribution in [0.3, 0.4) is 0 Å². The van der Waals surface area contributed by atoms with Gasteiger partial charge in [0.25, 0.3) is 0 Å². The maximum Gasteiger partial charge on any atom is 0.323 e. The number of hydrogen-bond acceptors (Lipinski definition) is 4. The maximum absolute atomic E-state index is 12.1. The van der Waals surface area contributed by atoms with Gasteiger partial charge in [-0.15, -0.1) is 10.2 Å². The van der Waals surface area contributed by atoms with Crippen LogP contribution in [0.5, 0.6) is 0 Å². The lowest BCUT2D eigenvalue weighted by Gasteiger charge is -2.08. The average molecular weight is 391 g/mol. The number of aromatic nitrogens is 2. The highest BCUT2D eigenvalue weighted by Crippen LogP contribution is 2.25. The molecule has 0 saturated carbocycles. The quantitative estimate of drug-likeness (QED) is 0.468. The summed E-state index contributed by atoms with van der Waals surface area (Å²) in [6.45, 7) is 0. The molecule has 0 atom stereocenters. The second-order valence-electron chi connectivity index (χ2n) is 5.95. The number of rotatable bonds is 4. The molecule has 3 aromatic carbocycles. The minimum absolute atomic E-state index is 0.362. The van der Waals surface area contributed by atoms with E-state index in [4.69, 9.17) is 16.0 Å². The number of halogens is 1. The van der Waals surface area contributed by atoms with Gasteiger partial charge < -0.3 is 15.1 Å². The van der Waals surface area contributed by atoms with Crippen LogP contribution in [0.15, 0.2) is 83.3 Å². The lowest BCUT2D eigenvalue weighted by Crippen LogP contribution is -2.19. The molecule has 2 N–H and O–H groups in total. The van der Waals surface area contributed by atoms with Crippen LogP contribution >= 0.6 is 11.6 Å². The Morgan fingerprint density at radius 2 is 1.39 bits per heavy atom. The van der Waals surface area contributed by atoms with E-state index in [1.165, 1.54) is 0 Å². The molecule has 1 heterocycles. The zero-order chi connectivity index (χ0) is 19.3. The number of hydrogen-bond donors (Lipinski definition) is 2. The Kier molecular flexibility index (Phi) is 5.03. The third-order valence-electron chi connectivity index (χ3n) is 3.92. The summed E-state index contributed by atoms with van der Waals surface area (Å²) in [7, 11) is 0. The number of nitrogens with zero attached hydrogens (tertiary/aromatic N) is 2. The fourth-order valence-corrected chi connectivity index (χ4v) is 2.78. The maximum atomic E-state index is 12.1. The zero-order valence-corrected chi connectivity index (χ0v) is 15.4. The Balaban J connectivity index is 1.43. The first-order valence-corrected chi connectivity index (χ1v) is 8.88. The number of urea groups is 1. The van der Waals surface area contributed by atoms with E-state index in [1.54, 1.807) is 48.5 Å². The third kappa shape index (κ3) is 4.19. The Morgan fingerprint density at radius 3 is 2.07 bits per heavy atom. The second kappa shape index (κ2) is 7.94. The van der Waals surface area contributed by atoms with Crippen molar-refractivity contribution in [1.29, 1.82) is 0 Å². The molecule has 0 bridgehead atoms. The molecule has 0 saturated heterocycles. The van der Waals surface area contributed by atoms with Crippen LogP contribution < -0.4 is 10.6 Å². The molecule has 0 unspecified atom stereocenters. The molecule has 2 amide bonds. The topological polar surface area (TPSA) is 80.1 Å². The van der Waals surface area contributed by atoms with Crippen molar-refractivity contribution in [2.24, 2.45) is 0 Å². The van der Waals surface area contributed by atoms with Gasteiger partial charge in [-0.1, -0.05) is 35.9 Å². The Hall–Kier alpha value is -3.64. The van der Waals surface area contributed by atoms with Gasteiger partial charge in [-0.25, -0.2) is 4.79 Å². The lowest BCUT2D eigenvalue weighted by molar-refractivity contribution is 0.262. The predicted molar refractivity (Wildman–Crippen MR) is 109 cm³/mol. The number of benzene rings is 3. The first-order chi connectivity index (χ1) is 13.7. The van der Waals surface area contributed by atoms with Crippen LogP contribution in [-0.4, -0.2) is 16.2 Å². The number of carbonyl (C=O) groups is 1. The van der Waals surface area contributed by atoms with Crippen molar-refractivity contribution in [1.82, 2.24) is 10.2 Å². The largest absolute Gasteiger partial charge is 0.416 e. The molecule has 138 valence electrons. The van der Waals surface area contributed by atoms with Crippen molar-refractivity contribution >= 4 is 29.0 Å². The van der Waals surface area contributed by atoms with Crippen molar-refractivity contribution in [2.45, 2.75) is 0 Å².